The second-order valence-corrected chi connectivity index (χ2v) is 19.0. The average Bonchev–Trinajstić information content (AvgIpc) is 3.70. The molecule has 0 spiro atoms. The van der Waals surface area contributed by atoms with Crippen molar-refractivity contribution in [3.05, 3.63) is 23.8 Å². The Kier molecular flexibility index (Phi) is 19.7. The van der Waals surface area contributed by atoms with Crippen LogP contribution >= 0.6 is 11.3 Å². The van der Waals surface area contributed by atoms with Gasteiger partial charge in [-0.1, -0.05) is 45.3 Å². The lowest BCUT2D eigenvalue weighted by Crippen LogP contribution is -2.43. The van der Waals surface area contributed by atoms with E-state index in [1.54, 1.807) is 7.11 Å². The number of rotatable bonds is 25. The summed E-state index contributed by atoms with van der Waals surface area (Å²) in [6.07, 6.45) is 11.7. The van der Waals surface area contributed by atoms with E-state index in [1.807, 2.05) is 19.1 Å². The van der Waals surface area contributed by atoms with E-state index in [9.17, 15) is 36.6 Å². The van der Waals surface area contributed by atoms with E-state index in [0.29, 0.717) is 75.0 Å². The number of thiophene rings is 1. The lowest BCUT2D eigenvalue weighted by Gasteiger charge is -2.32. The molecule has 3 N–H and O–H groups in total. The summed E-state index contributed by atoms with van der Waals surface area (Å²) in [4.78, 5) is 24.0. The Morgan fingerprint density at radius 3 is 2.59 bits per heavy atom. The van der Waals surface area contributed by atoms with Gasteiger partial charge in [0.25, 0.3) is 20.0 Å². The first-order valence-electron chi connectivity index (χ1n) is 19.2. The molecule has 17 heteroatoms. The van der Waals surface area contributed by atoms with Crippen LogP contribution in [0, 0.1) is 11.8 Å². The normalized spacial score (nSPS) is 23.6. The Hall–Kier alpha value is -2.25. The van der Waals surface area contributed by atoms with E-state index in [-0.39, 0.29) is 70.9 Å². The molecule has 1 fully saturated rings. The van der Waals surface area contributed by atoms with E-state index in [2.05, 4.69) is 16.6 Å². The van der Waals surface area contributed by atoms with Gasteiger partial charge in [-0.05, 0) is 63.5 Å². The smallest absolute Gasteiger partial charge is 0.305 e. The molecule has 6 atom stereocenters. The first-order valence-corrected chi connectivity index (χ1v) is 22.9. The number of aliphatic hydroxyl groups is 2. The third-order valence-corrected chi connectivity index (χ3v) is 15.1. The molecule has 1 aliphatic carbocycles. The zero-order chi connectivity index (χ0) is 39.7. The summed E-state index contributed by atoms with van der Waals surface area (Å²) in [6, 6.07) is 1.02. The highest BCUT2D eigenvalue weighted by Crippen LogP contribution is 2.42. The standard InChI is InChI=1S/C37H61N3O11S3/c1-5-7-10-15-28(42)18-19-29-30(34(25-33(29)43)51-27(3)41)16-11-8-9-12-17-35(44)50-23-13-20-39-53(45,46)36-24-31-32(38-6-2)26-40(21-14-22-49-4)54(47,48)37(31)52-36/h8,11,20,24,28-30,32-34,38,42-43H,5-7,9-10,12-19,21-23,25-26H2,1-4H3/b11-8-,39-20?/t28-,29+,30+,32-,33+,34-/m0/s1. The number of carbonyl (C=O) groups is 2. The van der Waals surface area contributed by atoms with E-state index in [4.69, 9.17) is 14.2 Å². The van der Waals surface area contributed by atoms with E-state index >= 15 is 0 Å². The van der Waals surface area contributed by atoms with Crippen LogP contribution in [0.5, 0.6) is 0 Å². The molecular weight excluding hydrogens is 759 g/mol. The van der Waals surface area contributed by atoms with Crippen LogP contribution < -0.4 is 5.32 Å². The minimum Gasteiger partial charge on any atom is -0.465 e. The third-order valence-electron chi connectivity index (χ3n) is 9.84. The van der Waals surface area contributed by atoms with Gasteiger partial charge in [-0.2, -0.15) is 17.1 Å². The number of ether oxygens (including phenoxy) is 3. The molecule has 2 aliphatic rings. The molecule has 3 rings (SSSR count). The first-order chi connectivity index (χ1) is 25.7. The number of esters is 2. The minimum absolute atomic E-state index is 0.00775. The number of hydrogen-bond donors (Lipinski definition) is 3. The number of unbranched alkanes of at least 4 members (excludes halogenated alkanes) is 3. The Balaban J connectivity index is 1.44. The van der Waals surface area contributed by atoms with Crippen LogP contribution in [0.15, 0.2) is 31.0 Å². The predicted molar refractivity (Wildman–Crippen MR) is 207 cm³/mol. The van der Waals surface area contributed by atoms with Gasteiger partial charge in [0.15, 0.2) is 0 Å². The van der Waals surface area contributed by atoms with Crippen molar-refractivity contribution in [2.24, 2.45) is 16.2 Å². The number of nitrogens with one attached hydrogen (secondary N) is 1. The number of carbonyl (C=O) groups excluding carboxylic acids is 2. The molecule has 0 amide bonds. The highest BCUT2D eigenvalue weighted by molar-refractivity contribution is 7.94. The molecule has 1 aromatic heterocycles. The van der Waals surface area contributed by atoms with Crippen molar-refractivity contribution in [2.45, 2.75) is 137 Å². The molecule has 0 unspecified atom stereocenters. The van der Waals surface area contributed by atoms with Gasteiger partial charge >= 0.3 is 11.9 Å². The Bertz CT molecular complexity index is 1600. The Labute approximate surface area is 325 Å². The van der Waals surface area contributed by atoms with Crippen LogP contribution in [-0.4, -0.2) is 108 Å². The SMILES string of the molecule is CCCCC[C@H](O)CC[C@@H]1[C@@H](C/C=C\CCCC(=O)OCCC=NS(=O)(=O)c2cc3c(s2)S(=O)(=O)N(CCCOC)C[C@@H]3NCC)[C@@H](OC(C)=O)C[C@H]1O. The summed E-state index contributed by atoms with van der Waals surface area (Å²) in [7, 11) is -6.52. The Morgan fingerprint density at radius 2 is 1.89 bits per heavy atom. The number of likely N-dealkylation sites (N-methyl/N-ethyl adjacent to an activating group) is 1. The van der Waals surface area contributed by atoms with E-state index in [1.165, 1.54) is 17.3 Å². The lowest BCUT2D eigenvalue weighted by molar-refractivity contribution is -0.148. The molecule has 0 aromatic carbocycles. The van der Waals surface area contributed by atoms with Gasteiger partial charge in [0.05, 0.1) is 18.8 Å². The van der Waals surface area contributed by atoms with E-state index < -0.39 is 38.2 Å². The zero-order valence-corrected chi connectivity index (χ0v) is 34.6. The molecule has 308 valence electrons. The van der Waals surface area contributed by atoms with Crippen LogP contribution in [-0.2, 0) is 43.8 Å². The summed E-state index contributed by atoms with van der Waals surface area (Å²) >= 11 is 0.687. The minimum atomic E-state index is -4.18. The molecule has 14 nitrogen and oxygen atoms in total. The summed E-state index contributed by atoms with van der Waals surface area (Å²) in [5.74, 6) is -0.955. The number of hydrogen-bond acceptors (Lipinski definition) is 13. The maximum Gasteiger partial charge on any atom is 0.305 e. The first kappa shape index (κ1) is 46.1. The van der Waals surface area contributed by atoms with Crippen LogP contribution in [0.1, 0.15) is 116 Å². The van der Waals surface area contributed by atoms with Gasteiger partial charge in [0.1, 0.15) is 14.5 Å². The van der Waals surface area contributed by atoms with Gasteiger partial charge in [0.2, 0.25) is 0 Å². The quantitative estimate of drug-likeness (QED) is 0.0523. The molecular formula is C37H61N3O11S3. The molecule has 1 aliphatic heterocycles. The number of methoxy groups -OCH3 is 1. The van der Waals surface area contributed by atoms with Crippen molar-refractivity contribution in [1.29, 1.82) is 0 Å². The number of nitrogens with zero attached hydrogens (tertiary/aromatic N) is 2. The number of sulfonamides is 2. The van der Waals surface area contributed by atoms with Crippen molar-refractivity contribution in [3.63, 3.8) is 0 Å². The van der Waals surface area contributed by atoms with Crippen LogP contribution in [0.3, 0.4) is 0 Å². The molecule has 54 heavy (non-hydrogen) atoms. The highest BCUT2D eigenvalue weighted by atomic mass is 32.3. The van der Waals surface area contributed by atoms with Crippen molar-refractivity contribution in [3.8, 4) is 0 Å². The number of allylic oxidation sites excluding steroid dienone is 2. The largest absolute Gasteiger partial charge is 0.465 e. The summed E-state index contributed by atoms with van der Waals surface area (Å²) < 4.78 is 73.5. The molecule has 1 aromatic rings. The average molecular weight is 820 g/mol. The van der Waals surface area contributed by atoms with Gasteiger partial charge in [-0.3, -0.25) is 9.59 Å². The maximum atomic E-state index is 13.3. The zero-order valence-electron chi connectivity index (χ0n) is 32.2. The number of aliphatic hydroxyl groups excluding tert-OH is 2. The lowest BCUT2D eigenvalue weighted by atomic mass is 9.85. The molecule has 0 saturated heterocycles. The van der Waals surface area contributed by atoms with Crippen LogP contribution in [0.4, 0.5) is 0 Å². The molecule has 0 radical (unpaired) electrons. The van der Waals surface area contributed by atoms with Crippen LogP contribution in [0.25, 0.3) is 0 Å². The second kappa shape index (κ2) is 23.1. The van der Waals surface area contributed by atoms with Crippen molar-refractivity contribution in [1.82, 2.24) is 9.62 Å². The predicted octanol–water partition coefficient (Wildman–Crippen LogP) is 4.90. The highest BCUT2D eigenvalue weighted by Gasteiger charge is 2.43. The second-order valence-electron chi connectivity index (χ2n) is 14.0. The van der Waals surface area contributed by atoms with Gasteiger partial charge < -0.3 is 29.7 Å². The fourth-order valence-corrected chi connectivity index (χ4v) is 11.9. The molecule has 2 heterocycles. The third kappa shape index (κ3) is 14.0. The summed E-state index contributed by atoms with van der Waals surface area (Å²) in [6.45, 7) is 6.73. The van der Waals surface area contributed by atoms with Crippen molar-refractivity contribution >= 4 is 49.5 Å². The molecule has 0 bridgehead atoms. The fraction of sp³-hybridized carbons (Fsp3) is 0.757. The number of fused-ring (bicyclic) bond motifs is 1. The topological polar surface area (TPSA) is 198 Å². The van der Waals surface area contributed by atoms with Gasteiger partial charge in [-0.25, -0.2) is 8.42 Å². The van der Waals surface area contributed by atoms with Gasteiger partial charge in [0, 0.05) is 76.7 Å². The van der Waals surface area contributed by atoms with Crippen molar-refractivity contribution in [2.75, 3.05) is 40.0 Å². The summed E-state index contributed by atoms with van der Waals surface area (Å²) in [5, 5.41) is 24.4. The fourth-order valence-electron chi connectivity index (χ4n) is 7.10. The Morgan fingerprint density at radius 1 is 1.11 bits per heavy atom. The monoisotopic (exact) mass is 819 g/mol. The summed E-state index contributed by atoms with van der Waals surface area (Å²) in [5.41, 5.74) is 0.416. The molecule has 1 saturated carbocycles. The van der Waals surface area contributed by atoms with Crippen molar-refractivity contribution < 1.29 is 50.8 Å². The van der Waals surface area contributed by atoms with Crippen LogP contribution in [0.2, 0.25) is 0 Å². The maximum absolute atomic E-state index is 13.3. The van der Waals surface area contributed by atoms with E-state index in [0.717, 1.165) is 31.9 Å². The van der Waals surface area contributed by atoms with Gasteiger partial charge in [-0.15, -0.1) is 11.3 Å².